The summed E-state index contributed by atoms with van der Waals surface area (Å²) in [6.45, 7) is 7.25. The summed E-state index contributed by atoms with van der Waals surface area (Å²) in [6, 6.07) is 13.8. The number of nitrogens with zero attached hydrogens (tertiary/aromatic N) is 4. The molecule has 0 aliphatic carbocycles. The highest BCUT2D eigenvalue weighted by Gasteiger charge is 2.38. The number of hydrogen-bond donors (Lipinski definition) is 0. The maximum absolute atomic E-state index is 13.6. The summed E-state index contributed by atoms with van der Waals surface area (Å²) < 4.78 is 0. The smallest absolute Gasteiger partial charge is 0.293 e. The first kappa shape index (κ1) is 21.9. The minimum Gasteiger partial charge on any atom is -0.372 e. The molecule has 0 aromatic heterocycles. The molecule has 2 aliphatic heterocycles. The van der Waals surface area contributed by atoms with Gasteiger partial charge in [-0.15, -0.1) is 0 Å². The minimum atomic E-state index is -0.541. The molecule has 0 spiro atoms. The van der Waals surface area contributed by atoms with Gasteiger partial charge >= 0.3 is 0 Å². The molecule has 8 nitrogen and oxygen atoms in total. The Hall–Kier alpha value is -3.94. The van der Waals surface area contributed by atoms with Crippen molar-refractivity contribution < 1.29 is 14.5 Å². The molecule has 0 unspecified atom stereocenters. The SMILES string of the molecule is CCN(CC)c1ccc(N2C(=O)c3cccc4c(N5CCCC5)c([N+](=O)[O-])cc(c34)C2=O)cc1. The summed E-state index contributed by atoms with van der Waals surface area (Å²) in [7, 11) is 0. The average molecular weight is 459 g/mol. The Bertz CT molecular complexity index is 1310. The molecule has 0 saturated carbocycles. The molecule has 5 rings (SSSR count). The van der Waals surface area contributed by atoms with Crippen LogP contribution in [0.5, 0.6) is 0 Å². The zero-order valence-electron chi connectivity index (χ0n) is 19.3. The lowest BCUT2D eigenvalue weighted by atomic mass is 9.91. The van der Waals surface area contributed by atoms with Crippen LogP contribution in [0.2, 0.25) is 0 Å². The van der Waals surface area contributed by atoms with Crippen molar-refractivity contribution in [2.45, 2.75) is 26.7 Å². The number of hydrogen-bond acceptors (Lipinski definition) is 6. The van der Waals surface area contributed by atoms with E-state index in [-0.39, 0.29) is 11.3 Å². The molecule has 0 N–H and O–H groups in total. The second kappa shape index (κ2) is 8.44. The van der Waals surface area contributed by atoms with Gasteiger partial charge in [0.25, 0.3) is 17.5 Å². The molecule has 174 valence electrons. The van der Waals surface area contributed by atoms with Crippen LogP contribution in [0.3, 0.4) is 0 Å². The molecule has 1 fully saturated rings. The first-order valence-corrected chi connectivity index (χ1v) is 11.7. The number of nitro groups is 1. The van der Waals surface area contributed by atoms with Gasteiger partial charge in [0.2, 0.25) is 0 Å². The van der Waals surface area contributed by atoms with Gasteiger partial charge in [-0.2, -0.15) is 0 Å². The van der Waals surface area contributed by atoms with Crippen molar-refractivity contribution in [1.82, 2.24) is 0 Å². The first-order valence-electron chi connectivity index (χ1n) is 11.7. The third-order valence-corrected chi connectivity index (χ3v) is 6.84. The predicted octanol–water partition coefficient (Wildman–Crippen LogP) is 5.00. The maximum Gasteiger partial charge on any atom is 0.293 e. The summed E-state index contributed by atoms with van der Waals surface area (Å²) in [5, 5.41) is 13.1. The molecule has 3 aromatic carbocycles. The van der Waals surface area contributed by atoms with Crippen LogP contribution in [-0.2, 0) is 0 Å². The number of imide groups is 1. The minimum absolute atomic E-state index is 0.0962. The van der Waals surface area contributed by atoms with E-state index < -0.39 is 16.7 Å². The highest BCUT2D eigenvalue weighted by atomic mass is 16.6. The van der Waals surface area contributed by atoms with E-state index in [0.29, 0.717) is 40.8 Å². The Balaban J connectivity index is 1.67. The normalized spacial score (nSPS) is 15.4. The van der Waals surface area contributed by atoms with E-state index in [4.69, 9.17) is 0 Å². The average Bonchev–Trinajstić information content (AvgIpc) is 3.38. The fourth-order valence-corrected chi connectivity index (χ4v) is 5.18. The number of amides is 2. The molecule has 0 radical (unpaired) electrons. The van der Waals surface area contributed by atoms with Gasteiger partial charge in [-0.25, -0.2) is 4.90 Å². The van der Waals surface area contributed by atoms with Gasteiger partial charge in [0.05, 0.1) is 16.2 Å². The maximum atomic E-state index is 13.6. The van der Waals surface area contributed by atoms with E-state index in [1.165, 1.54) is 6.07 Å². The van der Waals surface area contributed by atoms with Gasteiger partial charge in [-0.05, 0) is 57.0 Å². The number of carbonyl (C=O) groups excluding carboxylic acids is 2. The molecule has 3 aromatic rings. The third-order valence-electron chi connectivity index (χ3n) is 6.84. The molecule has 2 heterocycles. The van der Waals surface area contributed by atoms with Crippen molar-refractivity contribution in [3.8, 4) is 0 Å². The number of carbonyl (C=O) groups is 2. The molecular formula is C26H26N4O4. The van der Waals surface area contributed by atoms with Crippen LogP contribution in [0.4, 0.5) is 22.7 Å². The fourth-order valence-electron chi connectivity index (χ4n) is 5.18. The number of nitro benzene ring substituents is 1. The summed E-state index contributed by atoms with van der Waals surface area (Å²) in [5.41, 5.74) is 2.42. The molecule has 1 saturated heterocycles. The Morgan fingerprint density at radius 1 is 0.941 bits per heavy atom. The monoisotopic (exact) mass is 458 g/mol. The van der Waals surface area contributed by atoms with Crippen LogP contribution in [0.15, 0.2) is 48.5 Å². The van der Waals surface area contributed by atoms with Crippen LogP contribution < -0.4 is 14.7 Å². The standard InChI is InChI=1S/C26H26N4O4/c1-3-27(4-2)17-10-12-18(13-11-17)29-25(31)20-9-7-8-19-23(20)21(26(29)32)16-22(30(33)34)24(19)28-14-5-6-15-28/h7-13,16H,3-6,14-15H2,1-2H3. The van der Waals surface area contributed by atoms with Crippen molar-refractivity contribution in [1.29, 1.82) is 0 Å². The number of rotatable bonds is 6. The second-order valence-corrected chi connectivity index (χ2v) is 8.61. The largest absolute Gasteiger partial charge is 0.372 e. The van der Waals surface area contributed by atoms with Gasteiger partial charge < -0.3 is 9.80 Å². The van der Waals surface area contributed by atoms with Gasteiger partial charge in [0.1, 0.15) is 5.69 Å². The number of anilines is 3. The summed E-state index contributed by atoms with van der Waals surface area (Å²) in [5.74, 6) is -0.958. The van der Waals surface area contributed by atoms with Crippen molar-refractivity contribution in [3.05, 3.63) is 69.8 Å². The van der Waals surface area contributed by atoms with Gasteiger partial charge in [-0.3, -0.25) is 19.7 Å². The molecule has 2 amide bonds. The highest BCUT2D eigenvalue weighted by molar-refractivity contribution is 6.37. The Kier molecular flexibility index (Phi) is 5.43. The molecule has 2 aliphatic rings. The second-order valence-electron chi connectivity index (χ2n) is 8.61. The lowest BCUT2D eigenvalue weighted by molar-refractivity contribution is -0.384. The van der Waals surface area contributed by atoms with Crippen LogP contribution in [0, 0.1) is 10.1 Å². The van der Waals surface area contributed by atoms with E-state index in [1.54, 1.807) is 30.3 Å². The molecule has 34 heavy (non-hydrogen) atoms. The van der Waals surface area contributed by atoms with Crippen molar-refractivity contribution in [3.63, 3.8) is 0 Å². The highest BCUT2D eigenvalue weighted by Crippen LogP contribution is 2.43. The van der Waals surface area contributed by atoms with Gasteiger partial charge in [0.15, 0.2) is 0 Å². The topological polar surface area (TPSA) is 87.0 Å². The number of benzene rings is 3. The quantitative estimate of drug-likeness (QED) is 0.294. The van der Waals surface area contributed by atoms with E-state index >= 15 is 0 Å². The van der Waals surface area contributed by atoms with E-state index in [2.05, 4.69) is 18.7 Å². The zero-order chi connectivity index (χ0) is 24.0. The lowest BCUT2D eigenvalue weighted by Gasteiger charge is -2.29. The van der Waals surface area contributed by atoms with Gasteiger partial charge in [0, 0.05) is 54.3 Å². The lowest BCUT2D eigenvalue weighted by Crippen LogP contribution is -2.40. The van der Waals surface area contributed by atoms with E-state index in [0.717, 1.165) is 36.5 Å². The van der Waals surface area contributed by atoms with E-state index in [1.807, 2.05) is 17.0 Å². The molecular weight excluding hydrogens is 432 g/mol. The fraction of sp³-hybridized carbons (Fsp3) is 0.308. The summed E-state index contributed by atoms with van der Waals surface area (Å²) in [4.78, 5) is 44.1. The Morgan fingerprint density at radius 2 is 1.59 bits per heavy atom. The predicted molar refractivity (Wildman–Crippen MR) is 133 cm³/mol. The van der Waals surface area contributed by atoms with Crippen LogP contribution in [0.25, 0.3) is 10.8 Å². The van der Waals surface area contributed by atoms with Crippen LogP contribution >= 0.6 is 0 Å². The zero-order valence-corrected chi connectivity index (χ0v) is 19.3. The van der Waals surface area contributed by atoms with Crippen LogP contribution in [-0.4, -0.2) is 42.9 Å². The van der Waals surface area contributed by atoms with Crippen molar-refractivity contribution in [2.24, 2.45) is 0 Å². The molecule has 8 heteroatoms. The Labute approximate surface area is 197 Å². The van der Waals surface area contributed by atoms with Crippen molar-refractivity contribution >= 4 is 45.3 Å². The summed E-state index contributed by atoms with van der Waals surface area (Å²) in [6.07, 6.45) is 1.91. The van der Waals surface area contributed by atoms with E-state index in [9.17, 15) is 19.7 Å². The third kappa shape index (κ3) is 3.29. The van der Waals surface area contributed by atoms with Crippen LogP contribution in [0.1, 0.15) is 47.4 Å². The van der Waals surface area contributed by atoms with Gasteiger partial charge in [-0.1, -0.05) is 12.1 Å². The first-order chi connectivity index (χ1) is 16.5. The Morgan fingerprint density at radius 3 is 2.21 bits per heavy atom. The molecule has 0 bridgehead atoms. The summed E-state index contributed by atoms with van der Waals surface area (Å²) >= 11 is 0. The van der Waals surface area contributed by atoms with Crippen molar-refractivity contribution in [2.75, 3.05) is 40.9 Å². The molecule has 0 atom stereocenters.